The first kappa shape index (κ1) is 73.5. The van der Waals surface area contributed by atoms with Crippen LogP contribution in [0.2, 0.25) is 54.4 Å². The molecule has 0 fully saturated rings. The number of aliphatic carboxylic acids is 2. The molecule has 0 saturated heterocycles. The van der Waals surface area contributed by atoms with Crippen molar-refractivity contribution in [1.82, 2.24) is 0 Å². The van der Waals surface area contributed by atoms with Crippen molar-refractivity contribution in [3.63, 3.8) is 0 Å². The van der Waals surface area contributed by atoms with Crippen molar-refractivity contribution in [3.8, 4) is 34.5 Å². The minimum absolute atomic E-state index is 0. The maximum Gasteiger partial charge on any atom is 0.192 e. The van der Waals surface area contributed by atoms with Gasteiger partial charge in [0.25, 0.3) is 0 Å². The van der Waals surface area contributed by atoms with Gasteiger partial charge in [0, 0.05) is 38.1 Å². The molecule has 0 aliphatic rings. The summed E-state index contributed by atoms with van der Waals surface area (Å²) in [5.74, 6) is -0.515. The van der Waals surface area contributed by atoms with Crippen LogP contribution in [0.4, 0.5) is 0 Å². The Bertz CT molecular complexity index is 2470. The van der Waals surface area contributed by atoms with E-state index < -0.39 is 36.9 Å². The summed E-state index contributed by atoms with van der Waals surface area (Å²) in [6, 6.07) is 44.9. The maximum absolute atomic E-state index is 11.9. The molecule has 0 bridgehead atoms. The Labute approximate surface area is 506 Å². The molecule has 81 heavy (non-hydrogen) atoms. The van der Waals surface area contributed by atoms with E-state index in [-0.39, 0.29) is 58.6 Å². The number of carbonyl (C=O) groups excluding carboxylic acids is 2. The molecule has 0 aromatic heterocycles. The van der Waals surface area contributed by atoms with Gasteiger partial charge in [0.15, 0.2) is 25.0 Å². The minimum Gasteiger partial charge on any atom is -0.872 e. The molecule has 0 unspecified atom stereocenters. The SMILES string of the molecule is CC(=O)[O-].CC(=O)[O-].CC(C)(C)[Si](C)(C)OCc1cc([O-])cc(OCc2ccccc2)c1.CC(C)(C)[Si](C)(C)OCc1cc([O-])cc(OCc2ccccc2)c1.CC(C)(C)[Si](C)(C)OCc1cc([O-])cc(OCc2ccccc2)c1.[Bi]. The summed E-state index contributed by atoms with van der Waals surface area (Å²) in [4.78, 5) is 17.8. The van der Waals surface area contributed by atoms with Crippen molar-refractivity contribution < 1.29 is 62.6 Å². The second-order valence-corrected chi connectivity index (χ2v) is 38.3. The molecule has 443 valence electrons. The molecule has 0 aliphatic heterocycles. The number of ether oxygens (including phenoxy) is 3. The molecule has 0 atom stereocenters. The van der Waals surface area contributed by atoms with Gasteiger partial charge in [-0.1, -0.05) is 172 Å². The maximum atomic E-state index is 11.9. The summed E-state index contributed by atoms with van der Waals surface area (Å²) in [5, 5.41) is 54.0. The Hall–Kier alpha value is -5.53. The number of benzene rings is 6. The van der Waals surface area contributed by atoms with Gasteiger partial charge in [0.05, 0.1) is 19.8 Å². The fraction of sp³-hybridized carbons (Fsp3) is 0.406. The smallest absolute Gasteiger partial charge is 0.192 e. The molecule has 0 amide bonds. The van der Waals surface area contributed by atoms with Crippen LogP contribution < -0.4 is 39.7 Å². The number of hydrogen-bond acceptors (Lipinski definition) is 13. The molecular weight excluding hydrogens is 1270 g/mol. The van der Waals surface area contributed by atoms with Crippen LogP contribution in [0, 0.1) is 0 Å². The largest absolute Gasteiger partial charge is 0.872 e. The Morgan fingerprint density at radius 3 is 0.741 bits per heavy atom. The predicted molar refractivity (Wildman–Crippen MR) is 323 cm³/mol. The molecule has 0 spiro atoms. The third kappa shape index (κ3) is 29.9. The van der Waals surface area contributed by atoms with Gasteiger partial charge in [0.2, 0.25) is 0 Å². The van der Waals surface area contributed by atoms with E-state index in [4.69, 9.17) is 47.3 Å². The topological polar surface area (TPSA) is 205 Å². The summed E-state index contributed by atoms with van der Waals surface area (Å²) in [7, 11) is -5.51. The first-order chi connectivity index (χ1) is 37.0. The molecule has 0 saturated carbocycles. The van der Waals surface area contributed by atoms with E-state index >= 15 is 0 Å². The predicted octanol–water partition coefficient (Wildman–Crippen LogP) is 11.7. The first-order valence-electron chi connectivity index (χ1n) is 26.7. The Morgan fingerprint density at radius 1 is 0.358 bits per heavy atom. The zero-order valence-electron chi connectivity index (χ0n) is 50.9. The van der Waals surface area contributed by atoms with Crippen molar-refractivity contribution in [1.29, 1.82) is 0 Å². The van der Waals surface area contributed by atoms with Gasteiger partial charge in [-0.2, -0.15) is 0 Å². The summed E-state index contributed by atoms with van der Waals surface area (Å²) in [6.45, 7) is 37.8. The van der Waals surface area contributed by atoms with Crippen LogP contribution in [0.25, 0.3) is 0 Å². The van der Waals surface area contributed by atoms with Crippen molar-refractivity contribution in [2.24, 2.45) is 0 Å². The van der Waals surface area contributed by atoms with Gasteiger partial charge in [-0.05, 0) is 138 Å². The molecule has 17 heteroatoms. The van der Waals surface area contributed by atoms with Crippen molar-refractivity contribution in [3.05, 3.63) is 179 Å². The van der Waals surface area contributed by atoms with Gasteiger partial charge in [-0.25, -0.2) is 0 Å². The van der Waals surface area contributed by atoms with Crippen LogP contribution in [-0.4, -0.2) is 63.1 Å². The zero-order valence-corrected chi connectivity index (χ0v) is 57.3. The minimum atomic E-state index is -1.84. The molecule has 13 nitrogen and oxygen atoms in total. The standard InChI is InChI=1S/3C20H28O3Si.2C2H4O2.Bi/c3*1-20(2,3)24(4,5)23-15-17-11-18(21)13-19(12-17)22-14-16-9-7-6-8-10-16;2*1-2(3)4;/h3*6-13,21H,14-15H2,1-5H3;2*1H3,(H,3,4);/p-5. The van der Waals surface area contributed by atoms with Gasteiger partial charge in [-0.15, -0.1) is 17.2 Å². The fourth-order valence-electron chi connectivity index (χ4n) is 6.06. The summed E-state index contributed by atoms with van der Waals surface area (Å²) < 4.78 is 35.9. The number of carbonyl (C=O) groups is 2. The molecule has 3 radical (unpaired) electrons. The van der Waals surface area contributed by atoms with Crippen LogP contribution in [0.15, 0.2) is 146 Å². The van der Waals surface area contributed by atoms with E-state index in [1.54, 1.807) is 18.2 Å². The van der Waals surface area contributed by atoms with Gasteiger partial charge in [0.1, 0.15) is 37.1 Å². The van der Waals surface area contributed by atoms with Crippen molar-refractivity contribution in [2.45, 2.75) is 170 Å². The van der Waals surface area contributed by atoms with Gasteiger partial charge in [-0.3, -0.25) is 0 Å². The van der Waals surface area contributed by atoms with Crippen molar-refractivity contribution in [2.75, 3.05) is 0 Å². The number of rotatable bonds is 18. The van der Waals surface area contributed by atoms with Crippen LogP contribution in [0.3, 0.4) is 0 Å². The molecule has 6 aromatic carbocycles. The average molecular weight is 1360 g/mol. The van der Waals surface area contributed by atoms with Crippen LogP contribution in [0.5, 0.6) is 34.5 Å². The summed E-state index contributed by atoms with van der Waals surface area (Å²) in [6.07, 6.45) is 0. The summed E-state index contributed by atoms with van der Waals surface area (Å²) >= 11 is 0. The van der Waals surface area contributed by atoms with E-state index in [1.165, 1.54) is 18.2 Å². The van der Waals surface area contributed by atoms with E-state index in [0.29, 0.717) is 56.9 Å². The second-order valence-electron chi connectivity index (χ2n) is 23.9. The molecular formula is C64H87BiO13Si3-5. The average Bonchev–Trinajstić information content (AvgIpc) is 3.35. The Balaban J connectivity index is 0.000000564. The van der Waals surface area contributed by atoms with E-state index in [0.717, 1.165) is 47.2 Å². The van der Waals surface area contributed by atoms with Crippen LogP contribution in [0.1, 0.15) is 110 Å². The number of hydrogen-bond donors (Lipinski definition) is 0. The molecule has 0 aliphatic carbocycles. The Kier molecular flexibility index (Phi) is 31.0. The quantitative estimate of drug-likeness (QED) is 0.0736. The molecule has 6 aromatic rings. The number of carboxylic acid groups (broad SMARTS) is 2. The first-order valence-corrected chi connectivity index (χ1v) is 35.4. The molecule has 0 N–H and O–H groups in total. The van der Waals surface area contributed by atoms with Crippen LogP contribution >= 0.6 is 0 Å². The van der Waals surface area contributed by atoms with E-state index in [2.05, 4.69) is 102 Å². The third-order valence-electron chi connectivity index (χ3n) is 13.8. The normalized spacial score (nSPS) is 11.5. The fourth-order valence-corrected chi connectivity index (χ4v) is 8.94. The van der Waals surface area contributed by atoms with Crippen molar-refractivity contribution >= 4 is 63.1 Å². The second kappa shape index (κ2) is 34.2. The number of carboxylic acids is 2. The molecule has 6 rings (SSSR count). The molecule has 0 heterocycles. The van der Waals surface area contributed by atoms with E-state index in [1.807, 2.05) is 109 Å². The third-order valence-corrected chi connectivity index (χ3v) is 27.2. The van der Waals surface area contributed by atoms with Gasteiger partial charge >= 0.3 is 0 Å². The van der Waals surface area contributed by atoms with Gasteiger partial charge < -0.3 is 62.6 Å². The van der Waals surface area contributed by atoms with E-state index in [9.17, 15) is 15.3 Å². The monoisotopic (exact) mass is 1360 g/mol. The summed E-state index contributed by atoms with van der Waals surface area (Å²) in [5.41, 5.74) is 5.84. The zero-order chi connectivity index (χ0) is 60.5. The Morgan fingerprint density at radius 2 is 0.556 bits per heavy atom. The van der Waals surface area contributed by atoms with Crippen LogP contribution in [-0.2, 0) is 62.5 Å².